The first kappa shape index (κ1) is 13.3. The number of carbonyl (C=O) groups excluding carboxylic acids is 1. The first-order valence-corrected chi connectivity index (χ1v) is 6.65. The van der Waals surface area contributed by atoms with Gasteiger partial charge >= 0.3 is 0 Å². The Bertz CT molecular complexity index is 513. The van der Waals surface area contributed by atoms with E-state index in [4.69, 9.17) is 0 Å². The van der Waals surface area contributed by atoms with Crippen LogP contribution in [-0.2, 0) is 4.79 Å². The van der Waals surface area contributed by atoms with Crippen molar-refractivity contribution in [3.63, 3.8) is 0 Å². The van der Waals surface area contributed by atoms with Crippen LogP contribution in [0.5, 0.6) is 0 Å². The number of benzene rings is 1. The van der Waals surface area contributed by atoms with E-state index in [1.165, 1.54) is 0 Å². The summed E-state index contributed by atoms with van der Waals surface area (Å²) in [4.78, 5) is 12.0. The van der Waals surface area contributed by atoms with E-state index in [-0.39, 0.29) is 11.8 Å². The Hall–Kier alpha value is -2.10. The molecule has 2 aromatic rings. The van der Waals surface area contributed by atoms with Crippen LogP contribution in [0.3, 0.4) is 0 Å². The molecule has 0 saturated carbocycles. The van der Waals surface area contributed by atoms with Crippen molar-refractivity contribution in [1.82, 2.24) is 10.2 Å². The molecule has 0 bridgehead atoms. The molecule has 0 aliphatic rings. The maximum absolute atomic E-state index is 12.0. The molecule has 0 saturated heterocycles. The third-order valence-electron chi connectivity index (χ3n) is 3.32. The summed E-state index contributed by atoms with van der Waals surface area (Å²) in [6.45, 7) is 4.07. The molecule has 4 heteroatoms. The quantitative estimate of drug-likeness (QED) is 0.861. The minimum absolute atomic E-state index is 0.0901. The van der Waals surface area contributed by atoms with Gasteiger partial charge in [0.25, 0.3) is 0 Å². The van der Waals surface area contributed by atoms with Crippen molar-refractivity contribution in [2.24, 2.45) is 5.92 Å². The standard InChI is InChI=1S/C15H19N3O/c1-3-11(4-2)15(19)17-13-7-5-12(6-8-13)14-9-10-16-18-14/h5-11H,3-4H2,1-2H3,(H,16,18)(H,17,19). The zero-order chi connectivity index (χ0) is 13.7. The van der Waals surface area contributed by atoms with Gasteiger partial charge in [0.2, 0.25) is 5.91 Å². The number of hydrogen-bond donors (Lipinski definition) is 2. The van der Waals surface area contributed by atoms with Crippen LogP contribution in [0.25, 0.3) is 11.3 Å². The predicted octanol–water partition coefficient (Wildman–Crippen LogP) is 3.45. The second kappa shape index (κ2) is 6.18. The van der Waals surface area contributed by atoms with Crippen LogP contribution in [0.4, 0.5) is 5.69 Å². The Labute approximate surface area is 113 Å². The van der Waals surface area contributed by atoms with Crippen molar-refractivity contribution in [1.29, 1.82) is 0 Å². The van der Waals surface area contributed by atoms with Gasteiger partial charge in [-0.3, -0.25) is 9.89 Å². The number of aromatic nitrogens is 2. The molecule has 0 radical (unpaired) electrons. The molecule has 100 valence electrons. The number of H-pyrrole nitrogens is 1. The van der Waals surface area contributed by atoms with Crippen LogP contribution in [0.2, 0.25) is 0 Å². The van der Waals surface area contributed by atoms with Crippen LogP contribution in [0.15, 0.2) is 36.5 Å². The van der Waals surface area contributed by atoms with Gasteiger partial charge in [0.1, 0.15) is 0 Å². The molecule has 1 amide bonds. The normalized spacial score (nSPS) is 10.7. The van der Waals surface area contributed by atoms with E-state index in [0.717, 1.165) is 29.8 Å². The molecular weight excluding hydrogens is 238 g/mol. The van der Waals surface area contributed by atoms with Crippen molar-refractivity contribution in [3.8, 4) is 11.3 Å². The Morgan fingerprint density at radius 2 is 1.89 bits per heavy atom. The summed E-state index contributed by atoms with van der Waals surface area (Å²) in [5.74, 6) is 0.187. The van der Waals surface area contributed by atoms with E-state index in [0.29, 0.717) is 0 Å². The minimum atomic E-state index is 0.0901. The van der Waals surface area contributed by atoms with Gasteiger partial charge in [0.05, 0.1) is 5.69 Å². The maximum Gasteiger partial charge on any atom is 0.227 e. The highest BCUT2D eigenvalue weighted by Gasteiger charge is 2.13. The maximum atomic E-state index is 12.0. The Morgan fingerprint density at radius 3 is 2.42 bits per heavy atom. The number of nitrogens with one attached hydrogen (secondary N) is 2. The first-order chi connectivity index (χ1) is 9.24. The van der Waals surface area contributed by atoms with Gasteiger partial charge < -0.3 is 5.32 Å². The molecule has 0 fully saturated rings. The van der Waals surface area contributed by atoms with Crippen LogP contribution in [0, 0.1) is 5.92 Å². The SMILES string of the molecule is CCC(CC)C(=O)Nc1ccc(-c2ccn[nH]2)cc1. The number of carbonyl (C=O) groups is 1. The van der Waals surface area contributed by atoms with E-state index in [2.05, 4.69) is 15.5 Å². The molecule has 0 spiro atoms. The predicted molar refractivity (Wildman–Crippen MR) is 76.7 cm³/mol. The summed E-state index contributed by atoms with van der Waals surface area (Å²) in [5, 5.41) is 9.78. The summed E-state index contributed by atoms with van der Waals surface area (Å²) < 4.78 is 0. The van der Waals surface area contributed by atoms with Crippen molar-refractivity contribution in [2.45, 2.75) is 26.7 Å². The highest BCUT2D eigenvalue weighted by atomic mass is 16.1. The second-order valence-electron chi connectivity index (χ2n) is 4.55. The van der Waals surface area contributed by atoms with Gasteiger partial charge in [-0.15, -0.1) is 0 Å². The van der Waals surface area contributed by atoms with Crippen LogP contribution in [0.1, 0.15) is 26.7 Å². The molecule has 1 aromatic heterocycles. The third kappa shape index (κ3) is 3.22. The lowest BCUT2D eigenvalue weighted by Crippen LogP contribution is -2.21. The molecule has 19 heavy (non-hydrogen) atoms. The molecule has 0 unspecified atom stereocenters. The number of amides is 1. The van der Waals surface area contributed by atoms with E-state index >= 15 is 0 Å². The van der Waals surface area contributed by atoms with Crippen LogP contribution in [-0.4, -0.2) is 16.1 Å². The molecular formula is C15H19N3O. The highest BCUT2D eigenvalue weighted by Crippen LogP contribution is 2.20. The molecule has 0 aliphatic heterocycles. The Morgan fingerprint density at radius 1 is 1.21 bits per heavy atom. The molecule has 4 nitrogen and oxygen atoms in total. The summed E-state index contributed by atoms with van der Waals surface area (Å²) in [6, 6.07) is 9.68. The van der Waals surface area contributed by atoms with Gasteiger partial charge in [-0.2, -0.15) is 5.10 Å². The number of hydrogen-bond acceptors (Lipinski definition) is 2. The van der Waals surface area contributed by atoms with E-state index in [1.807, 2.05) is 44.2 Å². The molecule has 0 aliphatic carbocycles. The Kier molecular flexibility index (Phi) is 4.34. The lowest BCUT2D eigenvalue weighted by Gasteiger charge is -2.12. The molecule has 0 atom stereocenters. The van der Waals surface area contributed by atoms with Crippen molar-refractivity contribution in [3.05, 3.63) is 36.5 Å². The van der Waals surface area contributed by atoms with Crippen molar-refractivity contribution < 1.29 is 4.79 Å². The molecule has 2 rings (SSSR count). The zero-order valence-corrected chi connectivity index (χ0v) is 11.3. The topological polar surface area (TPSA) is 57.8 Å². The van der Waals surface area contributed by atoms with Gasteiger partial charge in [-0.1, -0.05) is 26.0 Å². The summed E-state index contributed by atoms with van der Waals surface area (Å²) in [6.07, 6.45) is 3.46. The fourth-order valence-corrected chi connectivity index (χ4v) is 2.05. The van der Waals surface area contributed by atoms with Crippen LogP contribution < -0.4 is 5.32 Å². The Balaban J connectivity index is 2.05. The fraction of sp³-hybridized carbons (Fsp3) is 0.333. The first-order valence-electron chi connectivity index (χ1n) is 6.65. The zero-order valence-electron chi connectivity index (χ0n) is 11.3. The average Bonchev–Trinajstić information content (AvgIpc) is 2.95. The number of nitrogens with zero attached hydrogens (tertiary/aromatic N) is 1. The van der Waals surface area contributed by atoms with Crippen molar-refractivity contribution >= 4 is 11.6 Å². The van der Waals surface area contributed by atoms with E-state index in [1.54, 1.807) is 6.20 Å². The molecule has 1 aromatic carbocycles. The minimum Gasteiger partial charge on any atom is -0.326 e. The highest BCUT2D eigenvalue weighted by molar-refractivity contribution is 5.92. The van der Waals surface area contributed by atoms with E-state index in [9.17, 15) is 4.79 Å². The lowest BCUT2D eigenvalue weighted by atomic mass is 10.0. The number of anilines is 1. The summed E-state index contributed by atoms with van der Waals surface area (Å²) in [7, 11) is 0. The van der Waals surface area contributed by atoms with Gasteiger partial charge in [-0.05, 0) is 36.6 Å². The monoisotopic (exact) mass is 257 g/mol. The fourth-order valence-electron chi connectivity index (χ4n) is 2.05. The largest absolute Gasteiger partial charge is 0.326 e. The molecule has 1 heterocycles. The van der Waals surface area contributed by atoms with Crippen LogP contribution >= 0.6 is 0 Å². The number of aromatic amines is 1. The van der Waals surface area contributed by atoms with Crippen molar-refractivity contribution in [2.75, 3.05) is 5.32 Å². The lowest BCUT2D eigenvalue weighted by molar-refractivity contribution is -0.120. The third-order valence-corrected chi connectivity index (χ3v) is 3.32. The second-order valence-corrected chi connectivity index (χ2v) is 4.55. The van der Waals surface area contributed by atoms with Gasteiger partial charge in [0, 0.05) is 17.8 Å². The van der Waals surface area contributed by atoms with Gasteiger partial charge in [-0.25, -0.2) is 0 Å². The average molecular weight is 257 g/mol. The number of rotatable bonds is 5. The summed E-state index contributed by atoms with van der Waals surface area (Å²) in [5.41, 5.74) is 2.86. The summed E-state index contributed by atoms with van der Waals surface area (Å²) >= 11 is 0. The smallest absolute Gasteiger partial charge is 0.227 e. The van der Waals surface area contributed by atoms with Gasteiger partial charge in [0.15, 0.2) is 0 Å². The van der Waals surface area contributed by atoms with E-state index < -0.39 is 0 Å². The molecule has 2 N–H and O–H groups in total.